The summed E-state index contributed by atoms with van der Waals surface area (Å²) in [6.45, 7) is 2.08. The maximum atomic E-state index is 5.35. The van der Waals surface area contributed by atoms with Crippen molar-refractivity contribution in [1.29, 1.82) is 0 Å². The predicted molar refractivity (Wildman–Crippen MR) is 65.4 cm³/mol. The van der Waals surface area contributed by atoms with Gasteiger partial charge in [0.1, 0.15) is 0 Å². The van der Waals surface area contributed by atoms with E-state index in [2.05, 4.69) is 31.2 Å². The zero-order chi connectivity index (χ0) is 11.5. The minimum absolute atomic E-state index is 0.300. The van der Waals surface area contributed by atoms with Crippen LogP contribution in [0.4, 0.5) is 0 Å². The molecule has 0 fully saturated rings. The normalized spacial score (nSPS) is 11.2. The van der Waals surface area contributed by atoms with Gasteiger partial charge in [-0.1, -0.05) is 36.4 Å². The highest BCUT2D eigenvalue weighted by Crippen LogP contribution is 2.29. The monoisotopic (exact) mass is 216 g/mol. The van der Waals surface area contributed by atoms with Crippen LogP contribution in [0.3, 0.4) is 0 Å². The Balaban J connectivity index is 2.69. The first-order valence-corrected chi connectivity index (χ1v) is 5.31. The molecular weight excluding hydrogens is 200 g/mol. The summed E-state index contributed by atoms with van der Waals surface area (Å²) in [6.07, 6.45) is -0.300. The summed E-state index contributed by atoms with van der Waals surface area (Å²) in [6, 6.07) is 12.5. The second-order valence-corrected chi connectivity index (χ2v) is 3.82. The Kier molecular flexibility index (Phi) is 3.22. The lowest BCUT2D eigenvalue weighted by Gasteiger charge is -2.18. The van der Waals surface area contributed by atoms with Gasteiger partial charge in [0.25, 0.3) is 0 Å². The highest BCUT2D eigenvalue weighted by Gasteiger charge is 2.14. The Labute approximate surface area is 95.8 Å². The van der Waals surface area contributed by atoms with Crippen LogP contribution in [0.15, 0.2) is 36.4 Å². The second-order valence-electron chi connectivity index (χ2n) is 3.82. The van der Waals surface area contributed by atoms with E-state index in [1.807, 2.05) is 12.1 Å². The zero-order valence-electron chi connectivity index (χ0n) is 9.86. The van der Waals surface area contributed by atoms with Crippen LogP contribution in [0, 0.1) is 6.92 Å². The lowest BCUT2D eigenvalue weighted by molar-refractivity contribution is -0.105. The summed E-state index contributed by atoms with van der Waals surface area (Å²) in [4.78, 5) is 0. The summed E-state index contributed by atoms with van der Waals surface area (Å²) in [5.41, 5.74) is 2.30. The first-order chi connectivity index (χ1) is 7.77. The van der Waals surface area contributed by atoms with Crippen LogP contribution in [0.1, 0.15) is 17.4 Å². The molecule has 0 radical (unpaired) electrons. The van der Waals surface area contributed by atoms with Crippen LogP contribution in [-0.2, 0) is 9.47 Å². The van der Waals surface area contributed by atoms with E-state index >= 15 is 0 Å². The van der Waals surface area contributed by atoms with Crippen LogP contribution in [0.2, 0.25) is 0 Å². The quantitative estimate of drug-likeness (QED) is 0.732. The summed E-state index contributed by atoms with van der Waals surface area (Å²) in [5.74, 6) is 0. The lowest BCUT2D eigenvalue weighted by Crippen LogP contribution is -2.06. The van der Waals surface area contributed by atoms with Gasteiger partial charge in [-0.05, 0) is 23.3 Å². The van der Waals surface area contributed by atoms with Gasteiger partial charge in [0.15, 0.2) is 6.29 Å². The van der Waals surface area contributed by atoms with E-state index in [1.54, 1.807) is 14.2 Å². The second kappa shape index (κ2) is 4.64. The van der Waals surface area contributed by atoms with Crippen molar-refractivity contribution in [2.24, 2.45) is 0 Å². The number of rotatable bonds is 3. The van der Waals surface area contributed by atoms with Gasteiger partial charge >= 0.3 is 0 Å². The van der Waals surface area contributed by atoms with Gasteiger partial charge in [-0.15, -0.1) is 0 Å². The van der Waals surface area contributed by atoms with Crippen LogP contribution in [-0.4, -0.2) is 14.2 Å². The van der Waals surface area contributed by atoms with E-state index < -0.39 is 0 Å². The molecule has 0 aromatic heterocycles. The molecular formula is C14H16O2. The molecule has 2 heteroatoms. The van der Waals surface area contributed by atoms with Crippen molar-refractivity contribution in [1.82, 2.24) is 0 Å². The Morgan fingerprint density at radius 1 is 0.938 bits per heavy atom. The van der Waals surface area contributed by atoms with Crippen molar-refractivity contribution in [3.05, 3.63) is 47.5 Å². The Morgan fingerprint density at radius 2 is 1.62 bits per heavy atom. The third-order valence-electron chi connectivity index (χ3n) is 2.85. The number of fused-ring (bicyclic) bond motifs is 1. The van der Waals surface area contributed by atoms with Gasteiger partial charge in [-0.25, -0.2) is 0 Å². The van der Waals surface area contributed by atoms with Crippen molar-refractivity contribution in [2.75, 3.05) is 14.2 Å². The van der Waals surface area contributed by atoms with Crippen molar-refractivity contribution >= 4 is 10.8 Å². The smallest absolute Gasteiger partial charge is 0.183 e. The molecule has 0 aliphatic heterocycles. The first-order valence-electron chi connectivity index (χ1n) is 5.31. The molecule has 0 heterocycles. The minimum Gasteiger partial charge on any atom is -0.352 e. The SMILES string of the molecule is COC(OC)c1c(C)ccc2ccccc12. The molecule has 0 aliphatic carbocycles. The summed E-state index contributed by atoms with van der Waals surface area (Å²) >= 11 is 0. The zero-order valence-corrected chi connectivity index (χ0v) is 9.86. The standard InChI is InChI=1S/C14H16O2/c1-10-8-9-11-6-4-5-7-12(11)13(10)14(15-2)16-3/h4-9,14H,1-3H3. The summed E-state index contributed by atoms with van der Waals surface area (Å²) in [7, 11) is 3.32. The van der Waals surface area contributed by atoms with Gasteiger partial charge < -0.3 is 9.47 Å². The molecule has 2 aromatic carbocycles. The van der Waals surface area contributed by atoms with E-state index in [9.17, 15) is 0 Å². The predicted octanol–water partition coefficient (Wildman–Crippen LogP) is 3.44. The van der Waals surface area contributed by atoms with Crippen molar-refractivity contribution in [3.8, 4) is 0 Å². The molecule has 16 heavy (non-hydrogen) atoms. The molecule has 84 valence electrons. The Morgan fingerprint density at radius 3 is 2.31 bits per heavy atom. The van der Waals surface area contributed by atoms with Gasteiger partial charge in [0, 0.05) is 19.8 Å². The molecule has 0 unspecified atom stereocenters. The van der Waals surface area contributed by atoms with E-state index in [-0.39, 0.29) is 6.29 Å². The third kappa shape index (κ3) is 1.82. The molecule has 0 amide bonds. The fourth-order valence-corrected chi connectivity index (χ4v) is 2.05. The molecule has 0 saturated heterocycles. The fourth-order valence-electron chi connectivity index (χ4n) is 2.05. The van der Waals surface area contributed by atoms with Gasteiger partial charge in [-0.2, -0.15) is 0 Å². The molecule has 0 aliphatic rings. The average Bonchev–Trinajstić information content (AvgIpc) is 2.33. The molecule has 0 bridgehead atoms. The topological polar surface area (TPSA) is 18.5 Å². The Hall–Kier alpha value is -1.38. The van der Waals surface area contributed by atoms with E-state index in [4.69, 9.17) is 9.47 Å². The van der Waals surface area contributed by atoms with Crippen molar-refractivity contribution < 1.29 is 9.47 Å². The van der Waals surface area contributed by atoms with Crippen LogP contribution in [0.25, 0.3) is 10.8 Å². The number of hydrogen-bond acceptors (Lipinski definition) is 2. The molecule has 0 atom stereocenters. The minimum atomic E-state index is -0.300. The molecule has 0 saturated carbocycles. The Bertz CT molecular complexity index is 487. The van der Waals surface area contributed by atoms with Gasteiger partial charge in [0.2, 0.25) is 0 Å². The largest absolute Gasteiger partial charge is 0.352 e. The number of hydrogen-bond donors (Lipinski definition) is 0. The average molecular weight is 216 g/mol. The molecule has 2 aromatic rings. The van der Waals surface area contributed by atoms with Crippen LogP contribution >= 0.6 is 0 Å². The maximum Gasteiger partial charge on any atom is 0.183 e. The van der Waals surface area contributed by atoms with Crippen molar-refractivity contribution in [3.63, 3.8) is 0 Å². The molecule has 2 nitrogen and oxygen atoms in total. The summed E-state index contributed by atoms with van der Waals surface area (Å²) in [5, 5.41) is 2.40. The van der Waals surface area contributed by atoms with Crippen LogP contribution < -0.4 is 0 Å². The molecule has 0 spiro atoms. The number of ether oxygens (including phenoxy) is 2. The number of benzene rings is 2. The first kappa shape index (κ1) is 11.1. The van der Waals surface area contributed by atoms with Gasteiger partial charge in [0.05, 0.1) is 0 Å². The molecule has 2 rings (SSSR count). The van der Waals surface area contributed by atoms with E-state index in [0.717, 1.165) is 5.56 Å². The lowest BCUT2D eigenvalue weighted by atomic mass is 9.99. The van der Waals surface area contributed by atoms with E-state index in [0.29, 0.717) is 0 Å². The fraction of sp³-hybridized carbons (Fsp3) is 0.286. The number of aryl methyl sites for hydroxylation is 1. The molecule has 0 N–H and O–H groups in total. The highest BCUT2D eigenvalue weighted by atomic mass is 16.7. The highest BCUT2D eigenvalue weighted by molar-refractivity contribution is 5.86. The van der Waals surface area contributed by atoms with Crippen LogP contribution in [0.5, 0.6) is 0 Å². The van der Waals surface area contributed by atoms with E-state index in [1.165, 1.54) is 16.3 Å². The number of methoxy groups -OCH3 is 2. The van der Waals surface area contributed by atoms with Gasteiger partial charge in [-0.3, -0.25) is 0 Å². The summed E-state index contributed by atoms with van der Waals surface area (Å²) < 4.78 is 10.7. The maximum absolute atomic E-state index is 5.35. The third-order valence-corrected chi connectivity index (χ3v) is 2.85. The van der Waals surface area contributed by atoms with Crippen molar-refractivity contribution in [2.45, 2.75) is 13.2 Å².